The van der Waals surface area contributed by atoms with Gasteiger partial charge in [-0.25, -0.2) is 4.39 Å². The number of hydrogen-bond donors (Lipinski definition) is 2. The van der Waals surface area contributed by atoms with Crippen molar-refractivity contribution >= 4 is 28.3 Å². The number of aliphatic hydroxyl groups is 1. The van der Waals surface area contributed by atoms with E-state index in [9.17, 15) is 32.3 Å². The van der Waals surface area contributed by atoms with Crippen molar-refractivity contribution in [3.63, 3.8) is 0 Å². The number of piperidine rings is 1. The molecule has 0 radical (unpaired) electrons. The number of hydrogen-bond acceptors (Lipinski definition) is 6. The Balaban J connectivity index is 1.07. The van der Waals surface area contributed by atoms with E-state index >= 15 is 0 Å². The van der Waals surface area contributed by atoms with Gasteiger partial charge in [0.2, 0.25) is 5.91 Å². The number of methoxy groups -OCH3 is 1. The van der Waals surface area contributed by atoms with Crippen LogP contribution in [0.3, 0.4) is 0 Å². The van der Waals surface area contributed by atoms with Crippen LogP contribution in [-0.2, 0) is 26.3 Å². The summed E-state index contributed by atoms with van der Waals surface area (Å²) in [5.41, 5.74) is -1.43. The first-order chi connectivity index (χ1) is 24.0. The maximum absolute atomic E-state index is 14.4. The molecular formula is C38H38F4N4O4. The van der Waals surface area contributed by atoms with Gasteiger partial charge in [-0.15, -0.1) is 0 Å². The maximum Gasteiger partial charge on any atom is 0.430 e. The molecular weight excluding hydrogens is 652 g/mol. The molecule has 7 rings (SSSR count). The third-order valence-electron chi connectivity index (χ3n) is 10.6. The maximum atomic E-state index is 14.4. The molecule has 262 valence electrons. The third kappa shape index (κ3) is 5.59. The van der Waals surface area contributed by atoms with Crippen molar-refractivity contribution in [3.8, 4) is 0 Å². The van der Waals surface area contributed by atoms with Crippen molar-refractivity contribution in [2.75, 3.05) is 44.9 Å². The highest BCUT2D eigenvalue weighted by Gasteiger charge is 2.62. The van der Waals surface area contributed by atoms with Gasteiger partial charge < -0.3 is 25.0 Å². The molecule has 50 heavy (non-hydrogen) atoms. The highest BCUT2D eigenvalue weighted by molar-refractivity contribution is 5.94. The minimum Gasteiger partial charge on any atom is -0.389 e. The summed E-state index contributed by atoms with van der Waals surface area (Å²) in [4.78, 5) is 33.3. The van der Waals surface area contributed by atoms with Crippen molar-refractivity contribution in [3.05, 3.63) is 114 Å². The Bertz CT molecular complexity index is 1880. The fraction of sp³-hybridized carbons (Fsp3) is 0.368. The summed E-state index contributed by atoms with van der Waals surface area (Å²) in [5, 5.41) is 15.7. The minimum absolute atomic E-state index is 0.0816. The summed E-state index contributed by atoms with van der Waals surface area (Å²) in [6, 6.07) is 25.4. The highest BCUT2D eigenvalue weighted by Crippen LogP contribution is 2.46. The predicted molar refractivity (Wildman–Crippen MR) is 180 cm³/mol. The summed E-state index contributed by atoms with van der Waals surface area (Å²) < 4.78 is 61.9. The monoisotopic (exact) mass is 690 g/mol. The third-order valence-corrected chi connectivity index (χ3v) is 10.6. The van der Waals surface area contributed by atoms with Gasteiger partial charge in [0.15, 0.2) is 0 Å². The number of aliphatic hydroxyl groups excluding tert-OH is 1. The van der Waals surface area contributed by atoms with Crippen molar-refractivity contribution in [2.45, 2.75) is 48.7 Å². The SMILES string of the molecule is COC(C(=O)NCC(O)CN1CN(c2ccc(F)cc2)C2(CCN(C3Cc4cccc5cccc3c45)CC2)C1=O)(c1ccccc1)C(F)(F)F. The first kappa shape index (κ1) is 34.0. The molecule has 0 saturated carbocycles. The Kier molecular flexibility index (Phi) is 8.82. The molecule has 2 N–H and O–H groups in total. The molecule has 8 nitrogen and oxygen atoms in total. The second kappa shape index (κ2) is 13.0. The number of nitrogens with zero attached hydrogens (tertiary/aromatic N) is 3. The van der Waals surface area contributed by atoms with Crippen LogP contribution in [-0.4, -0.2) is 84.5 Å². The standard InChI is InChI=1S/C38H38F4N4O4/c1-50-37(38(40,41)42,27-10-3-2-4-11-27)34(48)43-22-30(47)23-45-24-46(29-15-13-28(39)14-16-29)36(35(45)49)17-19-44(20-18-36)32-21-26-9-5-7-25-8-6-12-31(32)33(25)26/h2-16,30,32,47H,17-24H2,1H3,(H,43,48). The van der Waals surface area contributed by atoms with Crippen LogP contribution >= 0.6 is 0 Å². The first-order valence-corrected chi connectivity index (χ1v) is 16.7. The second-order valence-corrected chi connectivity index (χ2v) is 13.3. The van der Waals surface area contributed by atoms with E-state index in [0.29, 0.717) is 31.6 Å². The summed E-state index contributed by atoms with van der Waals surface area (Å²) >= 11 is 0. The molecule has 3 aliphatic rings. The topological polar surface area (TPSA) is 85.3 Å². The van der Waals surface area contributed by atoms with E-state index in [0.717, 1.165) is 25.7 Å². The van der Waals surface area contributed by atoms with Gasteiger partial charge in [0, 0.05) is 44.0 Å². The lowest BCUT2D eigenvalue weighted by Crippen LogP contribution is -2.57. The second-order valence-electron chi connectivity index (χ2n) is 13.3. The van der Waals surface area contributed by atoms with E-state index in [-0.39, 0.29) is 25.2 Å². The average molecular weight is 691 g/mol. The van der Waals surface area contributed by atoms with Gasteiger partial charge in [-0.3, -0.25) is 14.5 Å². The molecule has 4 aromatic carbocycles. The molecule has 1 spiro atoms. The fourth-order valence-electron chi connectivity index (χ4n) is 8.18. The number of nitrogens with one attached hydrogen (secondary N) is 1. The van der Waals surface area contributed by atoms with Crippen molar-refractivity contribution in [1.82, 2.24) is 15.1 Å². The molecule has 2 heterocycles. The number of ether oxygens (including phenoxy) is 1. The van der Waals surface area contributed by atoms with Crippen LogP contribution in [0.1, 0.15) is 35.6 Å². The van der Waals surface area contributed by atoms with Gasteiger partial charge in [0.25, 0.3) is 11.5 Å². The largest absolute Gasteiger partial charge is 0.430 e. The molecule has 12 heteroatoms. The van der Waals surface area contributed by atoms with Crippen LogP contribution in [0, 0.1) is 5.82 Å². The number of carbonyl (C=O) groups excluding carboxylic acids is 2. The zero-order valence-corrected chi connectivity index (χ0v) is 27.5. The lowest BCUT2D eigenvalue weighted by molar-refractivity contribution is -0.265. The molecule has 3 unspecified atom stereocenters. The summed E-state index contributed by atoms with van der Waals surface area (Å²) in [7, 11) is 0.806. The molecule has 0 bridgehead atoms. The number of carbonyl (C=O) groups is 2. The Morgan fingerprint density at radius 1 is 0.980 bits per heavy atom. The number of likely N-dealkylation sites (tertiary alicyclic amines) is 1. The summed E-state index contributed by atoms with van der Waals surface area (Å²) in [6.45, 7) is 0.543. The van der Waals surface area contributed by atoms with Crippen LogP contribution in [0.25, 0.3) is 10.8 Å². The Labute approximate surface area is 287 Å². The van der Waals surface area contributed by atoms with Gasteiger partial charge in [-0.2, -0.15) is 13.2 Å². The van der Waals surface area contributed by atoms with Crippen LogP contribution in [0.2, 0.25) is 0 Å². The van der Waals surface area contributed by atoms with E-state index < -0.39 is 47.3 Å². The van der Waals surface area contributed by atoms with E-state index in [1.165, 1.54) is 57.1 Å². The Hall–Kier alpha value is -4.52. The number of anilines is 1. The van der Waals surface area contributed by atoms with E-state index in [2.05, 4.69) is 46.6 Å². The Morgan fingerprint density at radius 3 is 2.32 bits per heavy atom. The minimum atomic E-state index is -5.10. The lowest BCUT2D eigenvalue weighted by Gasteiger charge is -2.45. The van der Waals surface area contributed by atoms with Crippen LogP contribution in [0.5, 0.6) is 0 Å². The highest BCUT2D eigenvalue weighted by atomic mass is 19.4. The number of alkyl halides is 3. The zero-order chi connectivity index (χ0) is 35.3. The van der Waals surface area contributed by atoms with E-state index in [1.807, 2.05) is 4.90 Å². The molecule has 2 aliphatic heterocycles. The van der Waals surface area contributed by atoms with Crippen LogP contribution < -0.4 is 10.2 Å². The van der Waals surface area contributed by atoms with Gasteiger partial charge in [0.05, 0.1) is 19.3 Å². The van der Waals surface area contributed by atoms with E-state index in [4.69, 9.17) is 4.74 Å². The molecule has 2 saturated heterocycles. The van der Waals surface area contributed by atoms with Crippen molar-refractivity contribution in [2.24, 2.45) is 0 Å². The van der Waals surface area contributed by atoms with Gasteiger partial charge in [0.1, 0.15) is 11.4 Å². The van der Waals surface area contributed by atoms with Gasteiger partial charge in [-0.1, -0.05) is 66.7 Å². The predicted octanol–water partition coefficient (Wildman–Crippen LogP) is 5.30. The number of rotatable bonds is 9. The molecule has 0 aromatic heterocycles. The average Bonchev–Trinajstić information content (AvgIpc) is 3.61. The molecule has 3 atom stereocenters. The molecule has 2 amide bonds. The fourth-order valence-corrected chi connectivity index (χ4v) is 8.18. The van der Waals surface area contributed by atoms with Gasteiger partial charge >= 0.3 is 6.18 Å². The molecule has 1 aliphatic carbocycles. The van der Waals surface area contributed by atoms with Crippen molar-refractivity contribution in [1.29, 1.82) is 0 Å². The lowest BCUT2D eigenvalue weighted by atomic mass is 9.84. The van der Waals surface area contributed by atoms with Crippen molar-refractivity contribution < 1.29 is 37.0 Å². The first-order valence-electron chi connectivity index (χ1n) is 16.7. The number of amides is 2. The van der Waals surface area contributed by atoms with Crippen LogP contribution in [0.4, 0.5) is 23.2 Å². The normalized spacial score (nSPS) is 20.8. The summed E-state index contributed by atoms with van der Waals surface area (Å²) in [5.74, 6) is -2.12. The number of benzene rings is 4. The Morgan fingerprint density at radius 2 is 1.66 bits per heavy atom. The zero-order valence-electron chi connectivity index (χ0n) is 27.5. The molecule has 2 fully saturated rings. The molecule has 4 aromatic rings. The summed E-state index contributed by atoms with van der Waals surface area (Å²) in [6.07, 6.45) is -4.65. The van der Waals surface area contributed by atoms with E-state index in [1.54, 1.807) is 12.1 Å². The quantitative estimate of drug-likeness (QED) is 0.232. The number of β-amino-alcohol motifs (C(OH)–C–C–N with tert-alkyl or cyclic N) is 1. The smallest absolute Gasteiger partial charge is 0.389 e. The van der Waals surface area contributed by atoms with Crippen LogP contribution in [0.15, 0.2) is 91.0 Å². The van der Waals surface area contributed by atoms with Gasteiger partial charge in [-0.05, 0) is 65.4 Å². The number of halogens is 4.